The van der Waals surface area contributed by atoms with Gasteiger partial charge in [-0.05, 0) is 39.7 Å². The molecule has 2 heterocycles. The van der Waals surface area contributed by atoms with Gasteiger partial charge in [0.15, 0.2) is 5.82 Å². The van der Waals surface area contributed by atoms with Crippen LogP contribution in [0.15, 0.2) is 24.7 Å². The number of pyridine rings is 1. The number of anilines is 1. The van der Waals surface area contributed by atoms with Gasteiger partial charge in [-0.2, -0.15) is 5.10 Å². The highest BCUT2D eigenvalue weighted by Crippen LogP contribution is 2.43. The highest BCUT2D eigenvalue weighted by Gasteiger charge is 2.37. The summed E-state index contributed by atoms with van der Waals surface area (Å²) < 4.78 is 47.2. The SMILES string of the molecule is CC(C)(C)OC(=O)Nc1c(-n2cc(F)cn2)ccnc1C1CCC(F)(F)CC1. The zero-order valence-electron chi connectivity index (χ0n) is 16.0. The Balaban J connectivity index is 1.98. The molecule has 1 aliphatic rings. The Hall–Kier alpha value is -2.58. The van der Waals surface area contributed by atoms with E-state index < -0.39 is 23.4 Å². The number of nitrogens with one attached hydrogen (secondary N) is 1. The van der Waals surface area contributed by atoms with Gasteiger partial charge in [0.25, 0.3) is 0 Å². The summed E-state index contributed by atoms with van der Waals surface area (Å²) in [6.45, 7) is 5.18. The fourth-order valence-electron chi connectivity index (χ4n) is 3.25. The first-order valence-electron chi connectivity index (χ1n) is 9.11. The second kappa shape index (κ2) is 7.44. The fourth-order valence-corrected chi connectivity index (χ4v) is 3.25. The van der Waals surface area contributed by atoms with Crippen molar-refractivity contribution < 1.29 is 22.7 Å². The van der Waals surface area contributed by atoms with Crippen LogP contribution in [-0.4, -0.2) is 32.4 Å². The standard InChI is InChI=1S/C19H23F3N4O2/c1-18(2,3)28-17(27)25-16-14(26-11-13(20)10-24-26)6-9-23-15(16)12-4-7-19(21,22)8-5-12/h6,9-12H,4-5,7-8H2,1-3H3,(H,25,27). The maximum absolute atomic E-state index is 13.6. The molecule has 152 valence electrons. The number of rotatable bonds is 3. The highest BCUT2D eigenvalue weighted by molar-refractivity contribution is 5.88. The summed E-state index contributed by atoms with van der Waals surface area (Å²) in [5.41, 5.74) is 0.416. The van der Waals surface area contributed by atoms with Crippen LogP contribution in [0.1, 0.15) is 58.1 Å². The van der Waals surface area contributed by atoms with Crippen LogP contribution >= 0.6 is 0 Å². The molecule has 1 N–H and O–H groups in total. The van der Waals surface area contributed by atoms with Gasteiger partial charge in [-0.25, -0.2) is 22.6 Å². The maximum atomic E-state index is 13.6. The quantitative estimate of drug-likeness (QED) is 0.789. The number of ether oxygens (including phenoxy) is 1. The minimum absolute atomic E-state index is 0.236. The van der Waals surface area contributed by atoms with Gasteiger partial charge in [-0.15, -0.1) is 0 Å². The van der Waals surface area contributed by atoms with Crippen LogP contribution < -0.4 is 5.32 Å². The summed E-state index contributed by atoms with van der Waals surface area (Å²) in [5, 5.41) is 6.61. The number of aromatic nitrogens is 3. The van der Waals surface area contributed by atoms with E-state index in [4.69, 9.17) is 4.74 Å². The summed E-state index contributed by atoms with van der Waals surface area (Å²) in [5.74, 6) is -3.48. The molecule has 0 unspecified atom stereocenters. The predicted octanol–water partition coefficient (Wildman–Crippen LogP) is 5.05. The second-order valence-electron chi connectivity index (χ2n) is 7.95. The molecule has 2 aromatic heterocycles. The number of amides is 1. The van der Waals surface area contributed by atoms with Crippen LogP contribution in [0.5, 0.6) is 0 Å². The minimum Gasteiger partial charge on any atom is -0.444 e. The van der Waals surface area contributed by atoms with E-state index in [0.29, 0.717) is 11.4 Å². The Bertz CT molecular complexity index is 851. The molecule has 0 aliphatic heterocycles. The molecule has 6 nitrogen and oxygen atoms in total. The van der Waals surface area contributed by atoms with Crippen LogP contribution in [0.3, 0.4) is 0 Å². The Labute approximate surface area is 161 Å². The van der Waals surface area contributed by atoms with Crippen LogP contribution in [0.4, 0.5) is 23.7 Å². The van der Waals surface area contributed by atoms with E-state index in [1.807, 2.05) is 0 Å². The molecule has 9 heteroatoms. The van der Waals surface area contributed by atoms with E-state index in [1.165, 1.54) is 10.9 Å². The van der Waals surface area contributed by atoms with Crippen LogP contribution in [-0.2, 0) is 4.74 Å². The summed E-state index contributed by atoms with van der Waals surface area (Å²) in [7, 11) is 0. The molecule has 0 atom stereocenters. The number of alkyl halides is 2. The molecule has 1 fully saturated rings. The number of hydrogen-bond acceptors (Lipinski definition) is 4. The van der Waals surface area contributed by atoms with E-state index >= 15 is 0 Å². The molecule has 0 aromatic carbocycles. The normalized spacial score (nSPS) is 17.4. The largest absolute Gasteiger partial charge is 0.444 e. The van der Waals surface area contributed by atoms with Crippen LogP contribution in [0.25, 0.3) is 5.69 Å². The number of nitrogens with zero attached hydrogens (tertiary/aromatic N) is 3. The average molecular weight is 396 g/mol. The third-order valence-corrected chi connectivity index (χ3v) is 4.49. The molecule has 2 aromatic rings. The lowest BCUT2D eigenvalue weighted by molar-refractivity contribution is -0.0384. The van der Waals surface area contributed by atoms with Gasteiger partial charge in [0, 0.05) is 25.0 Å². The van der Waals surface area contributed by atoms with Gasteiger partial charge in [0.1, 0.15) is 5.60 Å². The first-order valence-corrected chi connectivity index (χ1v) is 9.11. The summed E-state index contributed by atoms with van der Waals surface area (Å²) in [6.07, 6.45) is 2.97. The van der Waals surface area contributed by atoms with Gasteiger partial charge in [0.05, 0.1) is 29.5 Å². The summed E-state index contributed by atoms with van der Waals surface area (Å²) in [6, 6.07) is 1.57. The van der Waals surface area contributed by atoms with Gasteiger partial charge in [-0.1, -0.05) is 0 Å². The van der Waals surface area contributed by atoms with Gasteiger partial charge >= 0.3 is 6.09 Å². The molecule has 1 amide bonds. The van der Waals surface area contributed by atoms with E-state index in [1.54, 1.807) is 26.8 Å². The highest BCUT2D eigenvalue weighted by atomic mass is 19.3. The average Bonchev–Trinajstić information content (AvgIpc) is 3.00. The molecule has 1 aliphatic carbocycles. The predicted molar refractivity (Wildman–Crippen MR) is 97.3 cm³/mol. The zero-order valence-corrected chi connectivity index (χ0v) is 16.0. The number of halogens is 3. The lowest BCUT2D eigenvalue weighted by Crippen LogP contribution is -2.29. The first-order chi connectivity index (χ1) is 13.0. The Morgan fingerprint density at radius 3 is 2.57 bits per heavy atom. The first kappa shape index (κ1) is 20.2. The minimum atomic E-state index is -2.68. The monoisotopic (exact) mass is 396 g/mol. The van der Waals surface area contributed by atoms with Crippen molar-refractivity contribution in [2.75, 3.05) is 5.32 Å². The summed E-state index contributed by atoms with van der Waals surface area (Å²) in [4.78, 5) is 16.7. The van der Waals surface area contributed by atoms with E-state index in [-0.39, 0.29) is 37.3 Å². The van der Waals surface area contributed by atoms with Gasteiger partial charge < -0.3 is 4.74 Å². The maximum Gasteiger partial charge on any atom is 0.412 e. The molecular formula is C19H23F3N4O2. The van der Waals surface area contributed by atoms with Crippen molar-refractivity contribution in [3.05, 3.63) is 36.2 Å². The number of carbonyl (C=O) groups is 1. The molecule has 0 radical (unpaired) electrons. The fraction of sp³-hybridized carbons (Fsp3) is 0.526. The number of carbonyl (C=O) groups excluding carboxylic acids is 1. The molecular weight excluding hydrogens is 373 g/mol. The third kappa shape index (κ3) is 4.82. The van der Waals surface area contributed by atoms with Crippen LogP contribution in [0.2, 0.25) is 0 Å². The molecule has 3 rings (SSSR count). The van der Waals surface area contributed by atoms with Crippen molar-refractivity contribution in [2.45, 2.75) is 63.9 Å². The van der Waals surface area contributed by atoms with Crippen molar-refractivity contribution in [1.29, 1.82) is 0 Å². The molecule has 0 spiro atoms. The summed E-state index contributed by atoms with van der Waals surface area (Å²) >= 11 is 0. The van der Waals surface area contributed by atoms with Gasteiger partial charge in [-0.3, -0.25) is 10.3 Å². The van der Waals surface area contributed by atoms with Crippen molar-refractivity contribution in [2.24, 2.45) is 0 Å². The van der Waals surface area contributed by atoms with Crippen LogP contribution in [0, 0.1) is 5.82 Å². The Kier molecular flexibility index (Phi) is 5.36. The van der Waals surface area contributed by atoms with Crippen molar-refractivity contribution in [3.8, 4) is 5.69 Å². The topological polar surface area (TPSA) is 69.0 Å². The van der Waals surface area contributed by atoms with Crippen molar-refractivity contribution in [1.82, 2.24) is 14.8 Å². The Morgan fingerprint density at radius 1 is 1.32 bits per heavy atom. The van der Waals surface area contributed by atoms with Gasteiger partial charge in [0.2, 0.25) is 5.92 Å². The van der Waals surface area contributed by atoms with E-state index in [2.05, 4.69) is 15.4 Å². The zero-order chi connectivity index (χ0) is 20.5. The van der Waals surface area contributed by atoms with E-state index in [0.717, 1.165) is 12.4 Å². The molecule has 0 bridgehead atoms. The van der Waals surface area contributed by atoms with Crippen molar-refractivity contribution >= 4 is 11.8 Å². The second-order valence-corrected chi connectivity index (χ2v) is 7.95. The van der Waals surface area contributed by atoms with Crippen molar-refractivity contribution in [3.63, 3.8) is 0 Å². The smallest absolute Gasteiger partial charge is 0.412 e. The lowest BCUT2D eigenvalue weighted by Gasteiger charge is -2.29. The molecule has 1 saturated carbocycles. The van der Waals surface area contributed by atoms with E-state index in [9.17, 15) is 18.0 Å². The Morgan fingerprint density at radius 2 is 2.00 bits per heavy atom. The number of hydrogen-bond donors (Lipinski definition) is 1. The molecule has 0 saturated heterocycles. The third-order valence-electron chi connectivity index (χ3n) is 4.49. The molecule has 28 heavy (non-hydrogen) atoms. The lowest BCUT2D eigenvalue weighted by atomic mass is 9.84.